The standard InChI is InChI=1S/C17H23N7O3/c1-18-17(19-9-12-3-6-14(7-4-12)24(25)26)20-13-5-8-16-21-15(11-27-2)22-23(16)10-13/h3-4,6-7,13H,5,8-11H2,1-2H3,(H2,18,19,20). The summed E-state index contributed by atoms with van der Waals surface area (Å²) in [5.41, 5.74) is 1.02. The number of nitro benzene ring substituents is 1. The molecule has 1 aliphatic rings. The van der Waals surface area contributed by atoms with Crippen molar-refractivity contribution < 1.29 is 9.66 Å². The van der Waals surface area contributed by atoms with Crippen LogP contribution < -0.4 is 10.6 Å². The number of rotatable bonds is 6. The van der Waals surface area contributed by atoms with E-state index in [1.54, 1.807) is 26.3 Å². The average molecular weight is 373 g/mol. The first-order valence-corrected chi connectivity index (χ1v) is 8.71. The second-order valence-electron chi connectivity index (χ2n) is 6.29. The minimum Gasteiger partial charge on any atom is -0.377 e. The molecule has 2 aromatic rings. The maximum absolute atomic E-state index is 10.7. The predicted octanol–water partition coefficient (Wildman–Crippen LogP) is 1.01. The van der Waals surface area contributed by atoms with Gasteiger partial charge in [0.15, 0.2) is 11.8 Å². The lowest BCUT2D eigenvalue weighted by Gasteiger charge is -2.25. The summed E-state index contributed by atoms with van der Waals surface area (Å²) in [4.78, 5) is 19.0. The monoisotopic (exact) mass is 373 g/mol. The van der Waals surface area contributed by atoms with Crippen LogP contribution in [0.3, 0.4) is 0 Å². The highest BCUT2D eigenvalue weighted by Gasteiger charge is 2.22. The number of hydrogen-bond donors (Lipinski definition) is 2. The largest absolute Gasteiger partial charge is 0.377 e. The Balaban J connectivity index is 1.53. The third-order valence-electron chi connectivity index (χ3n) is 4.35. The van der Waals surface area contributed by atoms with Crippen molar-refractivity contribution in [1.29, 1.82) is 0 Å². The summed E-state index contributed by atoms with van der Waals surface area (Å²) in [6.07, 6.45) is 1.77. The molecule has 1 aromatic heterocycles. The summed E-state index contributed by atoms with van der Waals surface area (Å²) < 4.78 is 7.00. The lowest BCUT2D eigenvalue weighted by atomic mass is 10.1. The summed E-state index contributed by atoms with van der Waals surface area (Å²) in [6, 6.07) is 6.66. The number of ether oxygens (including phenoxy) is 1. The van der Waals surface area contributed by atoms with Gasteiger partial charge in [-0.2, -0.15) is 5.10 Å². The van der Waals surface area contributed by atoms with E-state index in [1.165, 1.54) is 12.1 Å². The Labute approximate surface area is 156 Å². The van der Waals surface area contributed by atoms with Gasteiger partial charge in [-0.15, -0.1) is 0 Å². The van der Waals surface area contributed by atoms with E-state index in [-0.39, 0.29) is 11.7 Å². The van der Waals surface area contributed by atoms with E-state index in [4.69, 9.17) is 4.74 Å². The molecule has 144 valence electrons. The summed E-state index contributed by atoms with van der Waals surface area (Å²) in [5, 5.41) is 21.8. The Morgan fingerprint density at radius 2 is 2.22 bits per heavy atom. The normalized spacial score (nSPS) is 16.7. The molecule has 10 heteroatoms. The minimum atomic E-state index is -0.406. The molecule has 27 heavy (non-hydrogen) atoms. The molecule has 0 amide bonds. The van der Waals surface area contributed by atoms with Gasteiger partial charge >= 0.3 is 0 Å². The SMILES string of the molecule is CN=C(NCc1ccc([N+](=O)[O-])cc1)NC1CCc2nc(COC)nn2C1. The van der Waals surface area contributed by atoms with Crippen molar-refractivity contribution in [3.05, 3.63) is 51.6 Å². The van der Waals surface area contributed by atoms with Gasteiger partial charge in [-0.1, -0.05) is 12.1 Å². The molecule has 10 nitrogen and oxygen atoms in total. The van der Waals surface area contributed by atoms with E-state index in [0.717, 1.165) is 24.2 Å². The van der Waals surface area contributed by atoms with Crippen molar-refractivity contribution in [2.45, 2.75) is 38.6 Å². The van der Waals surface area contributed by atoms with E-state index in [9.17, 15) is 10.1 Å². The number of nitrogens with zero attached hydrogens (tertiary/aromatic N) is 5. The molecule has 0 saturated heterocycles. The fraction of sp³-hybridized carbons (Fsp3) is 0.471. The van der Waals surface area contributed by atoms with Crippen molar-refractivity contribution in [3.63, 3.8) is 0 Å². The van der Waals surface area contributed by atoms with Crippen LogP contribution in [0.2, 0.25) is 0 Å². The van der Waals surface area contributed by atoms with Gasteiger partial charge in [0.1, 0.15) is 12.4 Å². The molecule has 2 N–H and O–H groups in total. The van der Waals surface area contributed by atoms with Crippen LogP contribution in [0, 0.1) is 10.1 Å². The van der Waals surface area contributed by atoms with Gasteiger partial charge in [0.25, 0.3) is 5.69 Å². The molecule has 0 aliphatic carbocycles. The van der Waals surface area contributed by atoms with Crippen LogP contribution in [0.4, 0.5) is 5.69 Å². The molecule has 0 bridgehead atoms. The Kier molecular flexibility index (Phi) is 5.97. The molecular formula is C17H23N7O3. The van der Waals surface area contributed by atoms with Crippen LogP contribution in [0.1, 0.15) is 23.6 Å². The van der Waals surface area contributed by atoms with Crippen molar-refractivity contribution >= 4 is 11.6 Å². The molecule has 1 aliphatic heterocycles. The van der Waals surface area contributed by atoms with Gasteiger partial charge in [0, 0.05) is 45.3 Å². The number of guanidine groups is 1. The number of aromatic nitrogens is 3. The highest BCUT2D eigenvalue weighted by Crippen LogP contribution is 2.14. The molecule has 0 saturated carbocycles. The van der Waals surface area contributed by atoms with Gasteiger partial charge in [-0.25, -0.2) is 9.67 Å². The maximum Gasteiger partial charge on any atom is 0.269 e. The fourth-order valence-electron chi connectivity index (χ4n) is 2.98. The lowest BCUT2D eigenvalue weighted by Crippen LogP contribution is -2.46. The molecule has 1 atom stereocenters. The van der Waals surface area contributed by atoms with Crippen LogP contribution in [-0.4, -0.2) is 45.8 Å². The zero-order valence-corrected chi connectivity index (χ0v) is 15.4. The topological polar surface area (TPSA) is 120 Å². The van der Waals surface area contributed by atoms with Gasteiger partial charge in [-0.3, -0.25) is 15.1 Å². The summed E-state index contributed by atoms with van der Waals surface area (Å²) >= 11 is 0. The number of methoxy groups -OCH3 is 1. The number of benzene rings is 1. The number of aliphatic imine (C=N–C) groups is 1. The Hall–Kier alpha value is -3.01. The van der Waals surface area contributed by atoms with Crippen molar-refractivity contribution in [1.82, 2.24) is 25.4 Å². The van der Waals surface area contributed by atoms with Crippen LogP contribution in [-0.2, 0) is 30.9 Å². The lowest BCUT2D eigenvalue weighted by molar-refractivity contribution is -0.384. The van der Waals surface area contributed by atoms with E-state index in [1.807, 2.05) is 4.68 Å². The van der Waals surface area contributed by atoms with E-state index >= 15 is 0 Å². The third-order valence-corrected chi connectivity index (χ3v) is 4.35. The summed E-state index contributed by atoms with van der Waals surface area (Å²) in [5.74, 6) is 2.36. The fourth-order valence-corrected chi connectivity index (χ4v) is 2.98. The van der Waals surface area contributed by atoms with Crippen LogP contribution >= 0.6 is 0 Å². The van der Waals surface area contributed by atoms with Gasteiger partial charge in [-0.05, 0) is 12.0 Å². The third kappa shape index (κ3) is 4.79. The molecule has 0 spiro atoms. The van der Waals surface area contributed by atoms with Crippen LogP contribution in [0.15, 0.2) is 29.3 Å². The van der Waals surface area contributed by atoms with E-state index < -0.39 is 4.92 Å². The highest BCUT2D eigenvalue weighted by molar-refractivity contribution is 5.79. The highest BCUT2D eigenvalue weighted by atomic mass is 16.6. The summed E-state index contributed by atoms with van der Waals surface area (Å²) in [7, 11) is 3.34. The first-order chi connectivity index (χ1) is 13.1. The zero-order chi connectivity index (χ0) is 19.2. The number of nitro groups is 1. The second kappa shape index (κ2) is 8.58. The Morgan fingerprint density at radius 3 is 2.89 bits per heavy atom. The van der Waals surface area contributed by atoms with Crippen molar-refractivity contribution in [2.24, 2.45) is 4.99 Å². The molecule has 0 radical (unpaired) electrons. The van der Waals surface area contributed by atoms with Crippen LogP contribution in [0.25, 0.3) is 0 Å². The molecule has 2 heterocycles. The molecular weight excluding hydrogens is 350 g/mol. The van der Waals surface area contributed by atoms with Crippen molar-refractivity contribution in [2.75, 3.05) is 14.2 Å². The summed E-state index contributed by atoms with van der Waals surface area (Å²) in [6.45, 7) is 1.65. The Bertz CT molecular complexity index is 816. The molecule has 3 rings (SSSR count). The van der Waals surface area contributed by atoms with E-state index in [0.29, 0.717) is 31.5 Å². The van der Waals surface area contributed by atoms with Gasteiger partial charge in [0.2, 0.25) is 0 Å². The van der Waals surface area contributed by atoms with E-state index in [2.05, 4.69) is 25.7 Å². The Morgan fingerprint density at radius 1 is 1.44 bits per heavy atom. The smallest absolute Gasteiger partial charge is 0.269 e. The number of nitrogens with one attached hydrogen (secondary N) is 2. The number of fused-ring (bicyclic) bond motifs is 1. The zero-order valence-electron chi connectivity index (χ0n) is 15.4. The van der Waals surface area contributed by atoms with Gasteiger partial charge in [0.05, 0.1) is 11.5 Å². The first kappa shape index (κ1) is 18.8. The van der Waals surface area contributed by atoms with Crippen molar-refractivity contribution in [3.8, 4) is 0 Å². The number of non-ortho nitro benzene ring substituents is 1. The number of aryl methyl sites for hydroxylation is 1. The molecule has 1 unspecified atom stereocenters. The molecule has 0 fully saturated rings. The predicted molar refractivity (Wildman–Crippen MR) is 99.3 cm³/mol. The molecule has 1 aromatic carbocycles. The van der Waals surface area contributed by atoms with Gasteiger partial charge < -0.3 is 15.4 Å². The minimum absolute atomic E-state index is 0.0833. The quantitative estimate of drug-likeness (QED) is 0.336. The second-order valence-corrected chi connectivity index (χ2v) is 6.29. The number of hydrogen-bond acceptors (Lipinski definition) is 6. The average Bonchev–Trinajstić information content (AvgIpc) is 3.07. The maximum atomic E-state index is 10.7. The first-order valence-electron chi connectivity index (χ1n) is 8.71. The van der Waals surface area contributed by atoms with Crippen LogP contribution in [0.5, 0.6) is 0 Å².